The summed E-state index contributed by atoms with van der Waals surface area (Å²) in [5.74, 6) is 0.953. The lowest BCUT2D eigenvalue weighted by Gasteiger charge is -2.17. The average molecular weight is 392 g/mol. The maximum atomic E-state index is 12.0. The third kappa shape index (κ3) is 6.82. The minimum absolute atomic E-state index is 0.142. The van der Waals surface area contributed by atoms with E-state index in [-0.39, 0.29) is 18.6 Å². The summed E-state index contributed by atoms with van der Waals surface area (Å²) in [6.07, 6.45) is 1.13. The molecule has 0 aromatic heterocycles. The molecule has 0 radical (unpaired) electrons. The van der Waals surface area contributed by atoms with Crippen molar-refractivity contribution in [2.24, 2.45) is 0 Å². The number of benzene rings is 2. The molecule has 0 aliphatic heterocycles. The second-order valence-electron chi connectivity index (χ2n) is 6.11. The molecular formula is C19H24N2O5S. The van der Waals surface area contributed by atoms with Crippen LogP contribution in [0.2, 0.25) is 0 Å². The third-order valence-electron chi connectivity index (χ3n) is 3.72. The first kappa shape index (κ1) is 20.6. The monoisotopic (exact) mass is 392 g/mol. The van der Waals surface area contributed by atoms with Crippen molar-refractivity contribution < 1.29 is 22.7 Å². The maximum Gasteiger partial charge on any atom is 0.258 e. The van der Waals surface area contributed by atoms with Gasteiger partial charge in [0.15, 0.2) is 6.61 Å². The van der Waals surface area contributed by atoms with Gasteiger partial charge in [-0.05, 0) is 43.3 Å². The average Bonchev–Trinajstić information content (AvgIpc) is 2.64. The zero-order chi connectivity index (χ0) is 19.9. The van der Waals surface area contributed by atoms with Gasteiger partial charge in [0.1, 0.15) is 18.1 Å². The van der Waals surface area contributed by atoms with E-state index >= 15 is 0 Å². The van der Waals surface area contributed by atoms with Crippen LogP contribution in [0.4, 0.5) is 5.69 Å². The Hall–Kier alpha value is -2.74. The van der Waals surface area contributed by atoms with Gasteiger partial charge in [-0.1, -0.05) is 18.2 Å². The van der Waals surface area contributed by atoms with Crippen LogP contribution in [0.25, 0.3) is 0 Å². The van der Waals surface area contributed by atoms with Gasteiger partial charge in [0.05, 0.1) is 18.0 Å². The van der Waals surface area contributed by atoms with E-state index in [1.54, 1.807) is 24.3 Å². The predicted molar refractivity (Wildman–Crippen MR) is 105 cm³/mol. The second kappa shape index (κ2) is 9.27. The zero-order valence-electron chi connectivity index (χ0n) is 15.6. The molecule has 0 aliphatic rings. The van der Waals surface area contributed by atoms with E-state index in [0.717, 1.165) is 16.3 Å². The van der Waals surface area contributed by atoms with E-state index in [1.807, 2.05) is 37.3 Å². The molecule has 0 bridgehead atoms. The van der Waals surface area contributed by atoms with Gasteiger partial charge >= 0.3 is 0 Å². The summed E-state index contributed by atoms with van der Waals surface area (Å²) >= 11 is 0. The van der Waals surface area contributed by atoms with Crippen LogP contribution in [0.15, 0.2) is 54.6 Å². The van der Waals surface area contributed by atoms with E-state index in [9.17, 15) is 13.2 Å². The van der Waals surface area contributed by atoms with E-state index in [2.05, 4.69) is 5.32 Å². The molecule has 1 amide bonds. The van der Waals surface area contributed by atoms with Crippen LogP contribution < -0.4 is 19.1 Å². The Labute approximate surface area is 160 Å². The fraction of sp³-hybridized carbons (Fsp3) is 0.316. The topological polar surface area (TPSA) is 84.9 Å². The highest BCUT2D eigenvalue weighted by molar-refractivity contribution is 7.92. The number of amides is 1. The van der Waals surface area contributed by atoms with Crippen LogP contribution >= 0.6 is 0 Å². The molecule has 0 saturated heterocycles. The van der Waals surface area contributed by atoms with Crippen molar-refractivity contribution >= 4 is 21.6 Å². The van der Waals surface area contributed by atoms with Crippen LogP contribution in [-0.2, 0) is 14.8 Å². The van der Waals surface area contributed by atoms with Gasteiger partial charge in [0, 0.05) is 7.05 Å². The number of nitrogens with zero attached hydrogens (tertiary/aromatic N) is 1. The third-order valence-corrected chi connectivity index (χ3v) is 4.92. The molecule has 2 rings (SSSR count). The summed E-state index contributed by atoms with van der Waals surface area (Å²) in [7, 11) is -1.85. The Morgan fingerprint density at radius 2 is 1.63 bits per heavy atom. The molecule has 0 fully saturated rings. The molecule has 0 heterocycles. The van der Waals surface area contributed by atoms with Crippen molar-refractivity contribution in [1.82, 2.24) is 5.32 Å². The largest absolute Gasteiger partial charge is 0.491 e. The normalized spacial score (nSPS) is 12.1. The second-order valence-corrected chi connectivity index (χ2v) is 8.12. The summed E-state index contributed by atoms with van der Waals surface area (Å²) in [6.45, 7) is 2.05. The number of anilines is 1. The molecule has 1 atom stereocenters. The molecule has 0 saturated carbocycles. The molecule has 27 heavy (non-hydrogen) atoms. The quantitative estimate of drug-likeness (QED) is 0.706. The lowest BCUT2D eigenvalue weighted by Crippen LogP contribution is -2.39. The Bertz CT molecular complexity index is 838. The van der Waals surface area contributed by atoms with Crippen molar-refractivity contribution in [3.63, 3.8) is 0 Å². The van der Waals surface area contributed by atoms with Crippen molar-refractivity contribution in [2.75, 3.05) is 30.8 Å². The number of carbonyl (C=O) groups is 1. The summed E-state index contributed by atoms with van der Waals surface area (Å²) in [6, 6.07) is 15.7. The van der Waals surface area contributed by atoms with Gasteiger partial charge in [-0.25, -0.2) is 8.42 Å². The lowest BCUT2D eigenvalue weighted by molar-refractivity contribution is -0.123. The number of para-hydroxylation sites is 1. The molecule has 0 aliphatic carbocycles. The van der Waals surface area contributed by atoms with Gasteiger partial charge in [-0.3, -0.25) is 9.10 Å². The van der Waals surface area contributed by atoms with Gasteiger partial charge in [0.25, 0.3) is 5.91 Å². The first-order chi connectivity index (χ1) is 12.8. The van der Waals surface area contributed by atoms with E-state index in [1.165, 1.54) is 7.05 Å². The maximum absolute atomic E-state index is 12.0. The summed E-state index contributed by atoms with van der Waals surface area (Å²) in [5.41, 5.74) is 0.515. The van der Waals surface area contributed by atoms with Crippen LogP contribution in [0.1, 0.15) is 6.92 Å². The minimum atomic E-state index is -3.32. The number of hydrogen-bond donors (Lipinski definition) is 1. The number of nitrogens with one attached hydrogen (secondary N) is 1. The molecule has 0 unspecified atom stereocenters. The number of hydrogen-bond acceptors (Lipinski definition) is 5. The highest BCUT2D eigenvalue weighted by Crippen LogP contribution is 2.20. The molecule has 2 aromatic carbocycles. The fourth-order valence-corrected chi connectivity index (χ4v) is 2.69. The molecule has 7 nitrogen and oxygen atoms in total. The van der Waals surface area contributed by atoms with Crippen molar-refractivity contribution in [3.05, 3.63) is 54.6 Å². The Balaban J connectivity index is 1.76. The number of sulfonamides is 1. The van der Waals surface area contributed by atoms with Crippen LogP contribution in [0, 0.1) is 0 Å². The first-order valence-corrected chi connectivity index (χ1v) is 10.2. The molecule has 1 N–H and O–H groups in total. The first-order valence-electron chi connectivity index (χ1n) is 8.39. The standard InChI is InChI=1S/C19H24N2O5S/c1-15(13-25-17-7-5-4-6-8-17)20-19(22)14-26-18-11-9-16(10-12-18)21(2)27(3,23)24/h4-12,15H,13-14H2,1-3H3,(H,20,22)/t15-/m1/s1. The molecule has 8 heteroatoms. The highest BCUT2D eigenvalue weighted by Gasteiger charge is 2.12. The van der Waals surface area contributed by atoms with E-state index < -0.39 is 10.0 Å². The highest BCUT2D eigenvalue weighted by atomic mass is 32.2. The Morgan fingerprint density at radius 3 is 2.22 bits per heavy atom. The number of carbonyl (C=O) groups excluding carboxylic acids is 1. The minimum Gasteiger partial charge on any atom is -0.491 e. The lowest BCUT2D eigenvalue weighted by atomic mass is 10.3. The van der Waals surface area contributed by atoms with Gasteiger partial charge < -0.3 is 14.8 Å². The Kier molecular flexibility index (Phi) is 7.06. The summed E-state index contributed by atoms with van der Waals surface area (Å²) in [4.78, 5) is 12.0. The van der Waals surface area contributed by atoms with Crippen LogP contribution in [-0.4, -0.2) is 46.9 Å². The van der Waals surface area contributed by atoms with E-state index in [0.29, 0.717) is 18.0 Å². The van der Waals surface area contributed by atoms with Crippen molar-refractivity contribution in [2.45, 2.75) is 13.0 Å². The van der Waals surface area contributed by atoms with Crippen LogP contribution in [0.5, 0.6) is 11.5 Å². The Morgan fingerprint density at radius 1 is 1.04 bits per heavy atom. The number of rotatable bonds is 9. The smallest absolute Gasteiger partial charge is 0.258 e. The molecule has 0 spiro atoms. The summed E-state index contributed by atoms with van der Waals surface area (Å²) < 4.78 is 35.2. The van der Waals surface area contributed by atoms with Gasteiger partial charge in [0.2, 0.25) is 10.0 Å². The van der Waals surface area contributed by atoms with Crippen molar-refractivity contribution in [3.8, 4) is 11.5 Å². The van der Waals surface area contributed by atoms with Gasteiger partial charge in [-0.15, -0.1) is 0 Å². The molecule has 146 valence electrons. The number of ether oxygens (including phenoxy) is 2. The SMILES string of the molecule is C[C@H](COc1ccccc1)NC(=O)COc1ccc(N(C)S(C)(=O)=O)cc1. The van der Waals surface area contributed by atoms with Crippen LogP contribution in [0.3, 0.4) is 0 Å². The summed E-state index contributed by atoms with van der Waals surface area (Å²) in [5, 5.41) is 2.79. The molecular weight excluding hydrogens is 368 g/mol. The van der Waals surface area contributed by atoms with Crippen molar-refractivity contribution in [1.29, 1.82) is 0 Å². The predicted octanol–water partition coefficient (Wildman–Crippen LogP) is 2.04. The molecule has 2 aromatic rings. The fourth-order valence-electron chi connectivity index (χ4n) is 2.19. The van der Waals surface area contributed by atoms with E-state index in [4.69, 9.17) is 9.47 Å². The zero-order valence-corrected chi connectivity index (χ0v) is 16.4. The van der Waals surface area contributed by atoms with Gasteiger partial charge in [-0.2, -0.15) is 0 Å².